The van der Waals surface area contributed by atoms with Crippen molar-refractivity contribution in [3.63, 3.8) is 0 Å². The molecule has 3 rings (SSSR count). The lowest BCUT2D eigenvalue weighted by molar-refractivity contribution is 0.0946. The molecule has 0 bridgehead atoms. The molecule has 1 fully saturated rings. The van der Waals surface area contributed by atoms with E-state index in [0.717, 1.165) is 33.8 Å². The van der Waals surface area contributed by atoms with Gasteiger partial charge in [0.15, 0.2) is 0 Å². The van der Waals surface area contributed by atoms with E-state index in [1.807, 2.05) is 30.8 Å². The third-order valence-corrected chi connectivity index (χ3v) is 5.48. The normalized spacial score (nSPS) is 18.9. The predicted octanol–water partition coefficient (Wildman–Crippen LogP) is 2.42. The van der Waals surface area contributed by atoms with Crippen LogP contribution in [0.5, 0.6) is 0 Å². The van der Waals surface area contributed by atoms with Crippen LogP contribution in [0, 0.1) is 6.92 Å². The highest BCUT2D eigenvalue weighted by atomic mass is 32.2. The van der Waals surface area contributed by atoms with Crippen molar-refractivity contribution in [2.45, 2.75) is 19.4 Å². The Labute approximate surface area is 119 Å². The summed E-state index contributed by atoms with van der Waals surface area (Å²) in [6.07, 6.45) is 1.04. The molecule has 100 valence electrons. The van der Waals surface area contributed by atoms with Crippen LogP contribution in [0.3, 0.4) is 0 Å². The van der Waals surface area contributed by atoms with Gasteiger partial charge in [-0.15, -0.1) is 11.3 Å². The van der Waals surface area contributed by atoms with Crippen LogP contribution in [0.1, 0.15) is 21.8 Å². The van der Waals surface area contributed by atoms with Crippen LogP contribution in [0.15, 0.2) is 12.1 Å². The fourth-order valence-electron chi connectivity index (χ4n) is 2.16. The Bertz CT molecular complexity index is 632. The van der Waals surface area contributed by atoms with E-state index in [0.29, 0.717) is 10.6 Å². The van der Waals surface area contributed by atoms with E-state index < -0.39 is 0 Å². The summed E-state index contributed by atoms with van der Waals surface area (Å²) in [6, 6.07) is 4.13. The average molecular weight is 293 g/mol. The third kappa shape index (κ3) is 2.42. The molecule has 1 atom stereocenters. The number of hydrogen-bond acceptors (Lipinski definition) is 5. The minimum Gasteiger partial charge on any atom is -0.397 e. The molecule has 1 saturated heterocycles. The quantitative estimate of drug-likeness (QED) is 0.892. The highest BCUT2D eigenvalue weighted by Crippen LogP contribution is 2.32. The Morgan fingerprint density at radius 2 is 2.37 bits per heavy atom. The van der Waals surface area contributed by atoms with Crippen molar-refractivity contribution in [1.82, 2.24) is 10.3 Å². The Morgan fingerprint density at radius 3 is 3.11 bits per heavy atom. The van der Waals surface area contributed by atoms with Crippen molar-refractivity contribution in [3.05, 3.63) is 22.7 Å². The Balaban J connectivity index is 1.91. The van der Waals surface area contributed by atoms with Crippen LogP contribution in [0.25, 0.3) is 10.2 Å². The molecule has 4 nitrogen and oxygen atoms in total. The van der Waals surface area contributed by atoms with E-state index in [9.17, 15) is 4.79 Å². The van der Waals surface area contributed by atoms with Gasteiger partial charge in [0.2, 0.25) is 0 Å². The molecule has 0 radical (unpaired) electrons. The van der Waals surface area contributed by atoms with Gasteiger partial charge in [-0.2, -0.15) is 11.8 Å². The summed E-state index contributed by atoms with van der Waals surface area (Å²) in [7, 11) is 0. The summed E-state index contributed by atoms with van der Waals surface area (Å²) >= 11 is 3.25. The second-order valence-corrected chi connectivity index (χ2v) is 6.83. The van der Waals surface area contributed by atoms with Crippen LogP contribution in [0.4, 0.5) is 5.69 Å². The number of amides is 1. The number of thiophene rings is 1. The molecule has 0 saturated carbocycles. The lowest BCUT2D eigenvalue weighted by Crippen LogP contribution is -2.34. The first-order valence-corrected chi connectivity index (χ1v) is 8.16. The van der Waals surface area contributed by atoms with Gasteiger partial charge in [-0.1, -0.05) is 0 Å². The summed E-state index contributed by atoms with van der Waals surface area (Å²) in [5.41, 5.74) is 7.56. The minimum atomic E-state index is -0.0642. The monoisotopic (exact) mass is 293 g/mol. The van der Waals surface area contributed by atoms with Crippen molar-refractivity contribution in [2.75, 3.05) is 17.2 Å². The molecule has 1 aliphatic heterocycles. The highest BCUT2D eigenvalue weighted by molar-refractivity contribution is 7.99. The first-order chi connectivity index (χ1) is 9.15. The van der Waals surface area contributed by atoms with Gasteiger partial charge in [-0.3, -0.25) is 4.79 Å². The molecule has 19 heavy (non-hydrogen) atoms. The molecule has 1 amide bonds. The number of hydrogen-bond donors (Lipinski definition) is 2. The number of nitrogens with one attached hydrogen (secondary N) is 1. The number of aryl methyl sites for hydroxylation is 1. The molecule has 2 aromatic rings. The summed E-state index contributed by atoms with van der Waals surface area (Å²) in [4.78, 5) is 18.1. The Morgan fingerprint density at radius 1 is 1.53 bits per heavy atom. The second kappa shape index (κ2) is 5.02. The van der Waals surface area contributed by atoms with Gasteiger partial charge in [0.1, 0.15) is 9.71 Å². The maximum absolute atomic E-state index is 12.3. The molecular weight excluding hydrogens is 278 g/mol. The number of anilines is 1. The van der Waals surface area contributed by atoms with E-state index in [-0.39, 0.29) is 11.9 Å². The molecule has 1 unspecified atom stereocenters. The van der Waals surface area contributed by atoms with Crippen molar-refractivity contribution in [1.29, 1.82) is 0 Å². The molecule has 6 heteroatoms. The highest BCUT2D eigenvalue weighted by Gasteiger charge is 2.22. The maximum atomic E-state index is 12.3. The van der Waals surface area contributed by atoms with Crippen LogP contribution in [0.2, 0.25) is 0 Å². The molecule has 3 N–H and O–H groups in total. The van der Waals surface area contributed by atoms with Gasteiger partial charge in [-0.25, -0.2) is 4.98 Å². The van der Waals surface area contributed by atoms with Gasteiger partial charge >= 0.3 is 0 Å². The largest absolute Gasteiger partial charge is 0.397 e. The topological polar surface area (TPSA) is 68.0 Å². The van der Waals surface area contributed by atoms with E-state index in [2.05, 4.69) is 10.3 Å². The lowest BCUT2D eigenvalue weighted by Gasteiger charge is -2.10. The third-order valence-electron chi connectivity index (χ3n) is 3.20. The van der Waals surface area contributed by atoms with Crippen LogP contribution >= 0.6 is 23.1 Å². The van der Waals surface area contributed by atoms with E-state index in [1.54, 1.807) is 0 Å². The van der Waals surface area contributed by atoms with Gasteiger partial charge < -0.3 is 11.1 Å². The Hall–Kier alpha value is -1.27. The summed E-state index contributed by atoms with van der Waals surface area (Å²) < 4.78 is 0. The number of nitrogens with two attached hydrogens (primary N) is 1. The number of rotatable bonds is 2. The molecular formula is C13H15N3OS2. The molecule has 0 aromatic carbocycles. The van der Waals surface area contributed by atoms with Crippen molar-refractivity contribution in [2.24, 2.45) is 0 Å². The fraction of sp³-hybridized carbons (Fsp3) is 0.385. The lowest BCUT2D eigenvalue weighted by atomic mass is 10.2. The number of aromatic nitrogens is 1. The van der Waals surface area contributed by atoms with Gasteiger partial charge in [0.25, 0.3) is 5.91 Å². The number of carbonyl (C=O) groups excluding carboxylic acids is 1. The maximum Gasteiger partial charge on any atom is 0.263 e. The first-order valence-electron chi connectivity index (χ1n) is 6.19. The van der Waals surface area contributed by atoms with E-state index in [4.69, 9.17) is 5.73 Å². The molecule has 1 aliphatic rings. The SMILES string of the molecule is Cc1ccc2c(N)c(C(=O)NC3CCSC3)sc2n1. The van der Waals surface area contributed by atoms with Gasteiger partial charge in [0, 0.05) is 22.9 Å². The molecule has 2 aromatic heterocycles. The van der Waals surface area contributed by atoms with Crippen molar-refractivity contribution >= 4 is 44.9 Å². The van der Waals surface area contributed by atoms with Crippen LogP contribution < -0.4 is 11.1 Å². The average Bonchev–Trinajstić information content (AvgIpc) is 2.97. The fourth-order valence-corrected chi connectivity index (χ4v) is 4.35. The summed E-state index contributed by atoms with van der Waals surface area (Å²) in [5, 5.41) is 3.93. The minimum absolute atomic E-state index is 0.0642. The second-order valence-electron chi connectivity index (χ2n) is 4.68. The van der Waals surface area contributed by atoms with E-state index in [1.165, 1.54) is 11.3 Å². The first kappa shape index (κ1) is 12.7. The zero-order chi connectivity index (χ0) is 13.4. The molecule has 0 spiro atoms. The van der Waals surface area contributed by atoms with Gasteiger partial charge in [-0.05, 0) is 31.2 Å². The van der Waals surface area contributed by atoms with Crippen LogP contribution in [-0.2, 0) is 0 Å². The number of nitrogen functional groups attached to an aromatic ring is 1. The zero-order valence-electron chi connectivity index (χ0n) is 10.6. The number of thioether (sulfide) groups is 1. The number of carbonyl (C=O) groups is 1. The van der Waals surface area contributed by atoms with E-state index >= 15 is 0 Å². The summed E-state index contributed by atoms with van der Waals surface area (Å²) in [6.45, 7) is 1.94. The Kier molecular flexibility index (Phi) is 3.36. The number of fused-ring (bicyclic) bond motifs is 1. The number of nitrogens with zero attached hydrogens (tertiary/aromatic N) is 1. The molecule has 3 heterocycles. The van der Waals surface area contributed by atoms with Gasteiger partial charge in [0.05, 0.1) is 5.69 Å². The smallest absolute Gasteiger partial charge is 0.263 e. The number of pyridine rings is 1. The summed E-state index contributed by atoms with van der Waals surface area (Å²) in [5.74, 6) is 2.05. The van der Waals surface area contributed by atoms with Crippen molar-refractivity contribution < 1.29 is 4.79 Å². The molecule has 0 aliphatic carbocycles. The van der Waals surface area contributed by atoms with Crippen LogP contribution in [-0.4, -0.2) is 28.4 Å². The van der Waals surface area contributed by atoms with Crippen molar-refractivity contribution in [3.8, 4) is 0 Å². The standard InChI is InChI=1S/C13H15N3OS2/c1-7-2-3-9-10(14)11(19-13(9)15-7)12(17)16-8-4-5-18-6-8/h2-3,8H,4-6,14H2,1H3,(H,16,17). The zero-order valence-corrected chi connectivity index (χ0v) is 12.2. The predicted molar refractivity (Wildman–Crippen MR) is 82.0 cm³/mol.